The van der Waals surface area contributed by atoms with Crippen LogP contribution in [-0.4, -0.2) is 35.7 Å². The Balaban J connectivity index is 2.12. The van der Waals surface area contributed by atoms with Gasteiger partial charge in [0.15, 0.2) is 0 Å². The van der Waals surface area contributed by atoms with Crippen LogP contribution in [0.25, 0.3) is 11.1 Å². The molecule has 0 amide bonds. The Labute approximate surface area is 198 Å². The van der Waals surface area contributed by atoms with E-state index < -0.39 is 137 Å². The number of benzene rings is 3. The molecular weight excluding hydrogens is 388 g/mol. The summed E-state index contributed by atoms with van der Waals surface area (Å²) in [6, 6.07) is -11.5. The zero-order valence-electron chi connectivity index (χ0n) is 31.4. The van der Waals surface area contributed by atoms with Crippen molar-refractivity contribution < 1.29 is 38.3 Å². The van der Waals surface area contributed by atoms with Crippen molar-refractivity contribution in [1.82, 2.24) is 5.32 Å². The molecule has 0 aliphatic carbocycles. The lowest BCUT2D eigenvalue weighted by atomic mass is 10.0. The summed E-state index contributed by atoms with van der Waals surface area (Å²) in [6.07, 6.45) is -3.09. The van der Waals surface area contributed by atoms with Gasteiger partial charge in [0.2, 0.25) is 0 Å². The molecule has 3 aromatic carbocycles. The van der Waals surface area contributed by atoms with E-state index >= 15 is 0 Å². The molecule has 0 unspecified atom stereocenters. The second kappa shape index (κ2) is 10.1. The summed E-state index contributed by atoms with van der Waals surface area (Å²) in [7, 11) is 0. The van der Waals surface area contributed by atoms with Gasteiger partial charge in [-0.05, 0) is 52.9 Å². The molecule has 0 saturated carbocycles. The molecule has 0 bridgehead atoms. The summed E-state index contributed by atoms with van der Waals surface area (Å²) in [4.78, 5) is 11.7. The van der Waals surface area contributed by atoms with Crippen molar-refractivity contribution in [3.8, 4) is 11.1 Å². The average Bonchev–Trinajstić information content (AvgIpc) is 2.95. The van der Waals surface area contributed by atoms with Gasteiger partial charge in [-0.3, -0.25) is 0 Å². The van der Waals surface area contributed by atoms with Crippen LogP contribution in [0, 0.1) is 0 Å². The van der Waals surface area contributed by atoms with Crippen LogP contribution in [0.4, 0.5) is 5.69 Å². The van der Waals surface area contributed by atoms with E-state index in [0.29, 0.717) is 0 Å². The van der Waals surface area contributed by atoms with Gasteiger partial charge in [0.1, 0.15) is 0 Å². The number of carbonyl (C=O) groups is 1. The van der Waals surface area contributed by atoms with Crippen LogP contribution in [-0.2, 0) is 0 Å². The Morgan fingerprint density at radius 1 is 1.07 bits per heavy atom. The number of rotatable bonds is 9. The monoisotopic (exact) mass is 427 g/mol. The topological polar surface area (TPSA) is 81.6 Å². The molecule has 4 N–H and O–H groups in total. The minimum atomic E-state index is -3.43. The van der Waals surface area contributed by atoms with E-state index in [1.165, 1.54) is 0 Å². The summed E-state index contributed by atoms with van der Waals surface area (Å²) in [5.74, 6) is -1.85. The molecule has 0 fully saturated rings. The number of aliphatic hydroxyl groups is 1. The van der Waals surface area contributed by atoms with Crippen LogP contribution in [0.2, 0.25) is 5.02 Å². The van der Waals surface area contributed by atoms with Gasteiger partial charge < -0.3 is 20.8 Å². The molecule has 3 aromatic rings. The van der Waals surface area contributed by atoms with E-state index in [-0.39, 0.29) is 0 Å². The number of hydrogen-bond acceptors (Lipinski definition) is 4. The highest BCUT2D eigenvalue weighted by atomic mass is 35.5. The third-order valence-corrected chi connectivity index (χ3v) is 3.38. The molecule has 0 radical (unpaired) electrons. The smallest absolute Gasteiger partial charge is 0.335 e. The van der Waals surface area contributed by atoms with Crippen LogP contribution in [0.1, 0.15) is 45.3 Å². The van der Waals surface area contributed by atoms with Gasteiger partial charge in [0, 0.05) is 33.0 Å². The van der Waals surface area contributed by atoms with Crippen molar-refractivity contribution in [2.45, 2.75) is 6.08 Å². The zero-order chi connectivity index (χ0) is 35.6. The van der Waals surface area contributed by atoms with Gasteiger partial charge in [0.05, 0.1) is 32.2 Å². The van der Waals surface area contributed by atoms with E-state index in [4.69, 9.17) is 34.9 Å². The highest BCUT2D eigenvalue weighted by molar-refractivity contribution is 6.30. The maximum atomic E-state index is 11.7. The van der Waals surface area contributed by atoms with Crippen LogP contribution >= 0.6 is 11.6 Å². The first-order valence-electron chi connectivity index (χ1n) is 16.3. The third kappa shape index (κ3) is 6.06. The van der Waals surface area contributed by atoms with E-state index in [1.807, 2.05) is 10.6 Å². The van der Waals surface area contributed by atoms with Crippen LogP contribution in [0.15, 0.2) is 72.5 Å². The maximum Gasteiger partial charge on any atom is 0.335 e. The van der Waals surface area contributed by atoms with Crippen molar-refractivity contribution in [3.63, 3.8) is 0 Å². The first-order chi connectivity index (χ1) is 20.8. The standard InChI is InChI=1S/C23H23ClN2O3/c24-20-8-2-6-18(13-20)22(27)15-25-10-11-26-21-9-3-5-17(14-21)16-4-1-7-19(12-16)23(28)29/h1-9,12-14,22,25-27H,10-11,15H2,(H,28,29)/t22-/m0/s1/i1D,2D,3D,4D,5D,6D,7D,8D,9D,10D2,11D2,12D,13D,14D,22D. The predicted molar refractivity (Wildman–Crippen MR) is 117 cm³/mol. The molecule has 5 nitrogen and oxygen atoms in total. The Hall–Kier alpha value is -2.86. The fourth-order valence-corrected chi connectivity index (χ4v) is 2.07. The van der Waals surface area contributed by atoms with Crippen molar-refractivity contribution >= 4 is 23.3 Å². The lowest BCUT2D eigenvalue weighted by molar-refractivity contribution is 0.0697. The SMILES string of the molecule is [2H]c1c([2H])c(NC([2H])([2H])C([2H])([2H])NC[C@]([2H])(O)c2c([2H])c([2H])c([2H])c(Cl)c2[2H])c([2H])c(-c2c([2H])c([2H])c([2H])c(C(=O)O)c2[2H])c1[2H]. The number of nitrogens with one attached hydrogen (secondary N) is 2. The zero-order valence-corrected chi connectivity index (χ0v) is 15.1. The normalized spacial score (nSPS) is 22.2. The maximum absolute atomic E-state index is 11.7. The summed E-state index contributed by atoms with van der Waals surface area (Å²) >= 11 is 5.82. The summed E-state index contributed by atoms with van der Waals surface area (Å²) < 4.78 is 138. The van der Waals surface area contributed by atoms with Crippen molar-refractivity contribution in [2.24, 2.45) is 0 Å². The predicted octanol–water partition coefficient (Wildman–Crippen LogP) is 4.44. The molecule has 3 rings (SSSR count). The number of aromatic carboxylic acids is 1. The molecule has 150 valence electrons. The fourth-order valence-electron chi connectivity index (χ4n) is 1.93. The molecule has 1 atom stereocenters. The second-order valence-electron chi connectivity index (χ2n) is 5.17. The molecule has 0 saturated heterocycles. The first kappa shape index (κ1) is 8.11. The minimum Gasteiger partial charge on any atom is -0.478 e. The Bertz CT molecular complexity index is 1760. The van der Waals surface area contributed by atoms with Crippen LogP contribution in [0.5, 0.6) is 0 Å². The largest absolute Gasteiger partial charge is 0.478 e. The molecule has 0 spiro atoms. The number of hydrogen-bond donors (Lipinski definition) is 4. The van der Waals surface area contributed by atoms with Gasteiger partial charge in [0.25, 0.3) is 0 Å². The van der Waals surface area contributed by atoms with E-state index in [2.05, 4.69) is 0 Å². The van der Waals surface area contributed by atoms with E-state index in [9.17, 15) is 15.0 Å². The number of anilines is 1. The summed E-state index contributed by atoms with van der Waals surface area (Å²) in [6.45, 7) is -8.04. The third-order valence-electron chi connectivity index (χ3n) is 3.19. The number of carboxylic acids is 1. The number of carboxylic acid groups (broad SMARTS) is 1. The van der Waals surface area contributed by atoms with Gasteiger partial charge in [-0.25, -0.2) is 4.79 Å². The molecule has 0 aliphatic heterocycles. The Morgan fingerprint density at radius 3 is 2.59 bits per heavy atom. The molecule has 0 heterocycles. The highest BCUT2D eigenvalue weighted by Crippen LogP contribution is 2.23. The molecule has 0 aliphatic rings. The summed E-state index contributed by atoms with van der Waals surface area (Å²) in [5, 5.41) is 23.3. The van der Waals surface area contributed by atoms with Gasteiger partial charge in [-0.2, -0.15) is 0 Å². The molecule has 29 heavy (non-hydrogen) atoms. The quantitative estimate of drug-likeness (QED) is 0.406. The lowest BCUT2D eigenvalue weighted by Gasteiger charge is -2.13. The fraction of sp³-hybridized carbons (Fsp3) is 0.174. The van der Waals surface area contributed by atoms with Crippen molar-refractivity contribution in [3.05, 3.63) is 88.7 Å². The Morgan fingerprint density at radius 2 is 1.79 bits per heavy atom. The first-order valence-corrected chi connectivity index (χ1v) is 8.18. The Kier molecular flexibility index (Phi) is 2.82. The average molecular weight is 428 g/mol. The van der Waals surface area contributed by atoms with Gasteiger partial charge in [-0.1, -0.05) is 47.9 Å². The van der Waals surface area contributed by atoms with Gasteiger partial charge in [-0.15, -0.1) is 0 Å². The van der Waals surface area contributed by atoms with Crippen LogP contribution < -0.4 is 10.6 Å². The van der Waals surface area contributed by atoms with Crippen LogP contribution in [0.3, 0.4) is 0 Å². The van der Waals surface area contributed by atoms with Gasteiger partial charge >= 0.3 is 5.97 Å². The molecular formula is C23H23ClN2O3. The number of halogens is 1. The summed E-state index contributed by atoms with van der Waals surface area (Å²) in [5.41, 5.74) is -4.63. The molecule has 6 heteroatoms. The minimum absolute atomic E-state index is 0.676. The van der Waals surface area contributed by atoms with Crippen molar-refractivity contribution in [2.75, 3.05) is 24.9 Å². The highest BCUT2D eigenvalue weighted by Gasteiger charge is 2.07. The van der Waals surface area contributed by atoms with E-state index in [0.717, 1.165) is 0 Å². The lowest BCUT2D eigenvalue weighted by Crippen LogP contribution is -2.26. The second-order valence-corrected chi connectivity index (χ2v) is 5.55. The van der Waals surface area contributed by atoms with E-state index in [1.54, 1.807) is 0 Å². The molecule has 0 aromatic heterocycles. The van der Waals surface area contributed by atoms with Crippen molar-refractivity contribution in [1.29, 1.82) is 0 Å².